The smallest absolute Gasteiger partial charge is 0.435 e. The van der Waals surface area contributed by atoms with Crippen molar-refractivity contribution in [3.8, 4) is 23.4 Å². The number of sulfone groups is 1. The molecular formula is C21H14F4N4O5S. The minimum atomic E-state index is -4.98. The van der Waals surface area contributed by atoms with Crippen LogP contribution in [0.3, 0.4) is 0 Å². The lowest BCUT2D eigenvalue weighted by Crippen LogP contribution is -2.18. The summed E-state index contributed by atoms with van der Waals surface area (Å²) in [5, 5.41) is 17.4. The average Bonchev–Trinajstić information content (AvgIpc) is 2.79. The molecular weight excluding hydrogens is 496 g/mol. The van der Waals surface area contributed by atoms with Gasteiger partial charge in [0, 0.05) is 12.3 Å². The SMILES string of the molecule is COc1cc(C#N)ccc1Oc1nnc(C(F)(F)F)cc1C(=O)Nc1cc(S(C)(=O)=O)ccc1F. The van der Waals surface area contributed by atoms with Crippen LogP contribution in [0.1, 0.15) is 21.6 Å². The van der Waals surface area contributed by atoms with Crippen LogP contribution in [0, 0.1) is 17.1 Å². The third-order valence-electron chi connectivity index (χ3n) is 4.41. The Morgan fingerprint density at radius 3 is 2.40 bits per heavy atom. The molecule has 0 aliphatic heterocycles. The van der Waals surface area contributed by atoms with Gasteiger partial charge in [-0.15, -0.1) is 10.2 Å². The Balaban J connectivity index is 2.07. The molecule has 3 aromatic rings. The number of nitriles is 1. The molecule has 35 heavy (non-hydrogen) atoms. The van der Waals surface area contributed by atoms with E-state index in [0.29, 0.717) is 6.07 Å². The lowest BCUT2D eigenvalue weighted by atomic mass is 10.2. The maximum atomic E-state index is 14.2. The van der Waals surface area contributed by atoms with Crippen molar-refractivity contribution in [1.82, 2.24) is 10.2 Å². The number of alkyl halides is 3. The van der Waals surface area contributed by atoms with E-state index in [1.807, 2.05) is 11.4 Å². The molecule has 9 nitrogen and oxygen atoms in total. The Hall–Kier alpha value is -4.25. The van der Waals surface area contributed by atoms with Gasteiger partial charge in [0.15, 0.2) is 27.0 Å². The van der Waals surface area contributed by atoms with E-state index in [9.17, 15) is 30.8 Å². The number of amides is 1. The molecule has 0 atom stereocenters. The van der Waals surface area contributed by atoms with Crippen LogP contribution in [-0.2, 0) is 16.0 Å². The first kappa shape index (κ1) is 25.4. The number of methoxy groups -OCH3 is 1. The number of rotatable bonds is 6. The second-order valence-electron chi connectivity index (χ2n) is 6.89. The minimum Gasteiger partial charge on any atom is -0.493 e. The maximum Gasteiger partial charge on any atom is 0.435 e. The fourth-order valence-electron chi connectivity index (χ4n) is 2.70. The third-order valence-corrected chi connectivity index (χ3v) is 5.52. The van der Waals surface area contributed by atoms with E-state index in [-0.39, 0.29) is 22.0 Å². The first-order chi connectivity index (χ1) is 16.3. The van der Waals surface area contributed by atoms with E-state index in [0.717, 1.165) is 24.5 Å². The second-order valence-corrected chi connectivity index (χ2v) is 8.91. The Labute approximate surface area is 195 Å². The summed E-state index contributed by atoms with van der Waals surface area (Å²) < 4.78 is 87.9. The van der Waals surface area contributed by atoms with E-state index >= 15 is 0 Å². The van der Waals surface area contributed by atoms with Gasteiger partial charge >= 0.3 is 6.18 Å². The van der Waals surface area contributed by atoms with E-state index in [2.05, 4.69) is 10.2 Å². The van der Waals surface area contributed by atoms with Crippen molar-refractivity contribution < 1.29 is 40.2 Å². The molecule has 1 aromatic heterocycles. The number of nitrogens with one attached hydrogen (secondary N) is 1. The molecule has 1 N–H and O–H groups in total. The summed E-state index contributed by atoms with van der Waals surface area (Å²) in [5.41, 5.74) is -2.74. The van der Waals surface area contributed by atoms with Gasteiger partial charge in [0.1, 0.15) is 11.4 Å². The number of nitrogens with zero attached hydrogens (tertiary/aromatic N) is 3. The van der Waals surface area contributed by atoms with Crippen molar-refractivity contribution in [3.63, 3.8) is 0 Å². The molecule has 0 spiro atoms. The van der Waals surface area contributed by atoms with Crippen molar-refractivity contribution in [2.75, 3.05) is 18.7 Å². The van der Waals surface area contributed by atoms with Crippen molar-refractivity contribution in [2.45, 2.75) is 11.1 Å². The number of halogens is 4. The van der Waals surface area contributed by atoms with Gasteiger partial charge in [0.25, 0.3) is 11.8 Å². The zero-order valence-electron chi connectivity index (χ0n) is 17.8. The number of carbonyl (C=O) groups excluding carboxylic acids is 1. The normalized spacial score (nSPS) is 11.5. The molecule has 0 fully saturated rings. The van der Waals surface area contributed by atoms with Crippen LogP contribution >= 0.6 is 0 Å². The first-order valence-corrected chi connectivity index (χ1v) is 11.2. The quantitative estimate of drug-likeness (QED) is 0.389. The second kappa shape index (κ2) is 9.55. The van der Waals surface area contributed by atoms with Gasteiger partial charge in [-0.1, -0.05) is 0 Å². The molecule has 0 aliphatic rings. The van der Waals surface area contributed by atoms with Crippen LogP contribution in [0.4, 0.5) is 23.2 Å². The van der Waals surface area contributed by atoms with Crippen LogP contribution in [0.2, 0.25) is 0 Å². The molecule has 0 aliphatic carbocycles. The maximum absolute atomic E-state index is 14.2. The summed E-state index contributed by atoms with van der Waals surface area (Å²) in [4.78, 5) is 12.5. The molecule has 0 saturated heterocycles. The van der Waals surface area contributed by atoms with Crippen LogP contribution in [0.15, 0.2) is 47.4 Å². The van der Waals surface area contributed by atoms with Crippen molar-refractivity contribution >= 4 is 21.4 Å². The van der Waals surface area contributed by atoms with Gasteiger partial charge in [0.2, 0.25) is 0 Å². The van der Waals surface area contributed by atoms with Crippen LogP contribution < -0.4 is 14.8 Å². The molecule has 3 rings (SSSR count). The highest BCUT2D eigenvalue weighted by Crippen LogP contribution is 2.35. The lowest BCUT2D eigenvalue weighted by molar-refractivity contribution is -0.141. The van der Waals surface area contributed by atoms with Crippen molar-refractivity contribution in [1.29, 1.82) is 5.26 Å². The first-order valence-electron chi connectivity index (χ1n) is 9.35. The summed E-state index contributed by atoms with van der Waals surface area (Å²) in [6.07, 6.45) is -4.13. The van der Waals surface area contributed by atoms with Gasteiger partial charge in [-0.3, -0.25) is 4.79 Å². The Morgan fingerprint density at radius 1 is 1.09 bits per heavy atom. The van der Waals surface area contributed by atoms with Crippen LogP contribution in [0.25, 0.3) is 0 Å². The monoisotopic (exact) mass is 510 g/mol. The molecule has 0 radical (unpaired) electrons. The molecule has 0 bridgehead atoms. The Morgan fingerprint density at radius 2 is 1.80 bits per heavy atom. The largest absolute Gasteiger partial charge is 0.493 e. The van der Waals surface area contributed by atoms with Crippen molar-refractivity contribution in [2.24, 2.45) is 0 Å². The highest BCUT2D eigenvalue weighted by molar-refractivity contribution is 7.90. The summed E-state index contributed by atoms with van der Waals surface area (Å²) in [7, 11) is -2.54. The van der Waals surface area contributed by atoms with Gasteiger partial charge in [-0.2, -0.15) is 18.4 Å². The zero-order valence-corrected chi connectivity index (χ0v) is 18.7. The van der Waals surface area contributed by atoms with E-state index in [1.165, 1.54) is 25.3 Å². The molecule has 2 aromatic carbocycles. The predicted molar refractivity (Wildman–Crippen MR) is 112 cm³/mol. The van der Waals surface area contributed by atoms with Crippen LogP contribution in [-0.4, -0.2) is 37.9 Å². The van der Waals surface area contributed by atoms with E-state index in [1.54, 1.807) is 0 Å². The fraction of sp³-hybridized carbons (Fsp3) is 0.143. The van der Waals surface area contributed by atoms with Gasteiger partial charge in [-0.25, -0.2) is 12.8 Å². The predicted octanol–water partition coefficient (Wildman–Crippen LogP) is 3.96. The van der Waals surface area contributed by atoms with Crippen LogP contribution in [0.5, 0.6) is 17.4 Å². The average molecular weight is 510 g/mol. The Bertz CT molecular complexity index is 1450. The number of ether oxygens (including phenoxy) is 2. The number of benzene rings is 2. The highest BCUT2D eigenvalue weighted by Gasteiger charge is 2.35. The molecule has 14 heteroatoms. The van der Waals surface area contributed by atoms with Crippen molar-refractivity contribution in [3.05, 3.63) is 65.1 Å². The number of hydrogen-bond donors (Lipinski definition) is 1. The Kier molecular flexibility index (Phi) is 6.92. The molecule has 1 amide bonds. The molecule has 182 valence electrons. The van der Waals surface area contributed by atoms with E-state index in [4.69, 9.17) is 14.7 Å². The lowest BCUT2D eigenvalue weighted by Gasteiger charge is -2.14. The van der Waals surface area contributed by atoms with Gasteiger partial charge < -0.3 is 14.8 Å². The molecule has 0 saturated carbocycles. The highest BCUT2D eigenvalue weighted by atomic mass is 32.2. The number of anilines is 1. The summed E-state index contributed by atoms with van der Waals surface area (Å²) in [6.45, 7) is 0. The molecule has 0 unspecified atom stereocenters. The standard InChI is InChI=1S/C21H14F4N4O5S/c1-33-17-7-11(10-26)3-6-16(17)34-20-13(9-18(28-29-20)21(23,24)25)19(30)27-15-8-12(35(2,31)32)4-5-14(15)22/h3-9H,1-2H3,(H,27,30). The zero-order chi connectivity index (χ0) is 26.0. The number of hydrogen-bond acceptors (Lipinski definition) is 8. The van der Waals surface area contributed by atoms with E-state index < -0.39 is 50.6 Å². The third kappa shape index (κ3) is 5.82. The number of aromatic nitrogens is 2. The number of carbonyl (C=O) groups is 1. The topological polar surface area (TPSA) is 131 Å². The van der Waals surface area contributed by atoms with Gasteiger partial charge in [-0.05, 0) is 36.4 Å². The minimum absolute atomic E-state index is 0.00371. The van der Waals surface area contributed by atoms with Gasteiger partial charge in [0.05, 0.1) is 29.3 Å². The summed E-state index contributed by atoms with van der Waals surface area (Å²) >= 11 is 0. The fourth-order valence-corrected chi connectivity index (χ4v) is 3.35. The molecule has 1 heterocycles. The summed E-state index contributed by atoms with van der Waals surface area (Å²) in [6, 6.07) is 8.60. The summed E-state index contributed by atoms with van der Waals surface area (Å²) in [5.74, 6) is -3.14.